The zero-order chi connectivity index (χ0) is 11.4. The van der Waals surface area contributed by atoms with E-state index < -0.39 is 0 Å². The van der Waals surface area contributed by atoms with E-state index in [4.69, 9.17) is 10.5 Å². The van der Waals surface area contributed by atoms with Crippen molar-refractivity contribution in [2.24, 2.45) is 10.7 Å². The molecule has 1 heterocycles. The second-order valence-corrected chi connectivity index (χ2v) is 3.50. The third kappa shape index (κ3) is 3.64. The molecule has 6 heteroatoms. The summed E-state index contributed by atoms with van der Waals surface area (Å²) >= 11 is 0. The van der Waals surface area contributed by atoms with E-state index in [0.717, 1.165) is 0 Å². The minimum absolute atomic E-state index is 0. The summed E-state index contributed by atoms with van der Waals surface area (Å²) in [6, 6.07) is 8.88. The minimum Gasteiger partial charge on any atom is -0.455 e. The molecule has 0 aliphatic carbocycles. The van der Waals surface area contributed by atoms with Gasteiger partial charge >= 0.3 is 5.97 Å². The van der Waals surface area contributed by atoms with Crippen molar-refractivity contribution in [3.05, 3.63) is 35.9 Å². The van der Waals surface area contributed by atoms with Gasteiger partial charge in [0.1, 0.15) is 6.10 Å². The third-order valence-corrected chi connectivity index (χ3v) is 2.26. The third-order valence-electron chi connectivity index (χ3n) is 2.26. The van der Waals surface area contributed by atoms with Gasteiger partial charge in [-0.25, -0.2) is 9.79 Å². The molecule has 1 aromatic rings. The van der Waals surface area contributed by atoms with Crippen LogP contribution in [0.5, 0.6) is 0 Å². The van der Waals surface area contributed by atoms with Gasteiger partial charge in [0.2, 0.25) is 0 Å². The Hall–Kier alpha value is -1.75. The van der Waals surface area contributed by atoms with Gasteiger partial charge < -0.3 is 15.8 Å². The van der Waals surface area contributed by atoms with Crippen molar-refractivity contribution in [1.29, 1.82) is 0 Å². The van der Waals surface area contributed by atoms with Crippen LogP contribution in [0.15, 0.2) is 35.3 Å². The summed E-state index contributed by atoms with van der Waals surface area (Å²) < 4.78 is 5.26. The first-order valence-corrected chi connectivity index (χ1v) is 5.05. The van der Waals surface area contributed by atoms with Gasteiger partial charge in [0.05, 0.1) is 18.7 Å². The van der Waals surface area contributed by atoms with Gasteiger partial charge in [-0.15, -0.1) is 12.4 Å². The molecule has 0 saturated heterocycles. The molecule has 3 N–H and O–H groups in total. The molecule has 0 radical (unpaired) electrons. The van der Waals surface area contributed by atoms with Crippen LogP contribution in [0.25, 0.3) is 0 Å². The van der Waals surface area contributed by atoms with E-state index in [2.05, 4.69) is 10.3 Å². The summed E-state index contributed by atoms with van der Waals surface area (Å²) in [5, 5.41) is 2.84. The number of ether oxygens (including phenoxy) is 1. The molecule has 5 nitrogen and oxygen atoms in total. The van der Waals surface area contributed by atoms with Gasteiger partial charge in [-0.05, 0) is 12.1 Å². The monoisotopic (exact) mass is 255 g/mol. The molecule has 0 saturated carbocycles. The van der Waals surface area contributed by atoms with Gasteiger partial charge in [-0.1, -0.05) is 18.2 Å². The van der Waals surface area contributed by atoms with Crippen LogP contribution in [0, 0.1) is 0 Å². The highest BCUT2D eigenvalue weighted by Gasteiger charge is 2.18. The fourth-order valence-corrected chi connectivity index (χ4v) is 1.41. The fourth-order valence-electron chi connectivity index (χ4n) is 1.41. The Morgan fingerprint density at radius 1 is 1.41 bits per heavy atom. The summed E-state index contributed by atoms with van der Waals surface area (Å²) in [4.78, 5) is 15.6. The van der Waals surface area contributed by atoms with Crippen molar-refractivity contribution >= 4 is 24.3 Å². The lowest BCUT2D eigenvalue weighted by molar-refractivity contribution is 0.0322. The first kappa shape index (κ1) is 13.3. The Labute approximate surface area is 105 Å². The molecule has 1 aromatic carbocycles. The van der Waals surface area contributed by atoms with Gasteiger partial charge in [-0.2, -0.15) is 0 Å². The van der Waals surface area contributed by atoms with E-state index >= 15 is 0 Å². The molecule has 1 aliphatic heterocycles. The number of nitrogens with zero attached hydrogens (tertiary/aromatic N) is 1. The number of rotatable bonds is 2. The maximum absolute atomic E-state index is 11.7. The molecular weight excluding hydrogens is 242 g/mol. The average molecular weight is 256 g/mol. The number of carbonyl (C=O) groups is 1. The Morgan fingerprint density at radius 3 is 2.71 bits per heavy atom. The number of halogens is 1. The van der Waals surface area contributed by atoms with Crippen LogP contribution >= 0.6 is 12.4 Å². The minimum atomic E-state index is -0.330. The van der Waals surface area contributed by atoms with E-state index in [9.17, 15) is 4.79 Å². The lowest BCUT2D eigenvalue weighted by atomic mass is 10.2. The lowest BCUT2D eigenvalue weighted by Crippen LogP contribution is -2.45. The van der Waals surface area contributed by atoms with Gasteiger partial charge in [0.25, 0.3) is 0 Å². The number of hydrogen-bond donors (Lipinski definition) is 2. The number of benzene rings is 1. The molecule has 0 fully saturated rings. The van der Waals surface area contributed by atoms with Gasteiger partial charge in [-0.3, -0.25) is 0 Å². The van der Waals surface area contributed by atoms with Crippen molar-refractivity contribution in [3.8, 4) is 0 Å². The predicted molar refractivity (Wildman–Crippen MR) is 67.4 cm³/mol. The molecule has 1 atom stereocenters. The van der Waals surface area contributed by atoms with E-state index in [-0.39, 0.29) is 24.5 Å². The first-order chi connectivity index (χ1) is 7.75. The van der Waals surface area contributed by atoms with Crippen LogP contribution in [-0.4, -0.2) is 31.1 Å². The second-order valence-electron chi connectivity index (χ2n) is 3.50. The molecule has 0 spiro atoms. The van der Waals surface area contributed by atoms with Crippen LogP contribution in [0.3, 0.4) is 0 Å². The molecule has 17 heavy (non-hydrogen) atoms. The number of aliphatic imine (C=N–C) groups is 1. The highest BCUT2D eigenvalue weighted by Crippen LogP contribution is 2.05. The number of esters is 1. The van der Waals surface area contributed by atoms with Crippen molar-refractivity contribution in [3.63, 3.8) is 0 Å². The lowest BCUT2D eigenvalue weighted by Gasteiger charge is -2.21. The quantitative estimate of drug-likeness (QED) is 0.757. The molecule has 1 unspecified atom stereocenters. The molecule has 0 amide bonds. The molecule has 0 bridgehead atoms. The van der Waals surface area contributed by atoms with E-state index in [0.29, 0.717) is 24.6 Å². The average Bonchev–Trinajstić information content (AvgIpc) is 2.33. The maximum Gasteiger partial charge on any atom is 0.338 e. The number of guanidine groups is 1. The molecule has 92 valence electrons. The predicted octanol–water partition coefficient (Wildman–Crippen LogP) is 0.552. The largest absolute Gasteiger partial charge is 0.455 e. The van der Waals surface area contributed by atoms with Crippen LogP contribution in [-0.2, 0) is 4.74 Å². The van der Waals surface area contributed by atoms with Crippen molar-refractivity contribution in [1.82, 2.24) is 5.32 Å². The second kappa shape index (κ2) is 6.10. The molecular formula is C11H14ClN3O2. The van der Waals surface area contributed by atoms with E-state index in [1.807, 2.05) is 6.07 Å². The Bertz CT molecular complexity index is 408. The number of carbonyl (C=O) groups excluding carboxylic acids is 1. The zero-order valence-electron chi connectivity index (χ0n) is 9.13. The van der Waals surface area contributed by atoms with E-state index in [1.54, 1.807) is 24.3 Å². The summed E-state index contributed by atoms with van der Waals surface area (Å²) in [7, 11) is 0. The van der Waals surface area contributed by atoms with Crippen LogP contribution < -0.4 is 11.1 Å². The van der Waals surface area contributed by atoms with Crippen LogP contribution in [0.2, 0.25) is 0 Å². The highest BCUT2D eigenvalue weighted by molar-refractivity contribution is 5.89. The topological polar surface area (TPSA) is 76.7 Å². The Balaban J connectivity index is 0.00000144. The highest BCUT2D eigenvalue weighted by atomic mass is 35.5. The number of nitrogens with two attached hydrogens (primary N) is 1. The maximum atomic E-state index is 11.7. The Kier molecular flexibility index (Phi) is 4.78. The zero-order valence-corrected chi connectivity index (χ0v) is 9.94. The SMILES string of the molecule is Cl.NC1=NCC(OC(=O)c2ccccc2)CN1. The standard InChI is InChI=1S/C11H13N3O2.ClH/c12-11-13-6-9(7-14-11)16-10(15)8-4-2-1-3-5-8;/h1-5,9H,6-7H2,(H3,12,13,14);1H. The van der Waals surface area contributed by atoms with Crippen LogP contribution in [0.4, 0.5) is 0 Å². The van der Waals surface area contributed by atoms with E-state index in [1.165, 1.54) is 0 Å². The van der Waals surface area contributed by atoms with Crippen molar-refractivity contribution in [2.75, 3.05) is 13.1 Å². The Morgan fingerprint density at radius 2 is 2.12 bits per heavy atom. The van der Waals surface area contributed by atoms with Crippen molar-refractivity contribution in [2.45, 2.75) is 6.10 Å². The summed E-state index contributed by atoms with van der Waals surface area (Å²) in [5.41, 5.74) is 5.98. The van der Waals surface area contributed by atoms with Gasteiger partial charge in [0, 0.05) is 0 Å². The molecule has 2 rings (SSSR count). The van der Waals surface area contributed by atoms with Crippen molar-refractivity contribution < 1.29 is 9.53 Å². The number of hydrogen-bond acceptors (Lipinski definition) is 5. The smallest absolute Gasteiger partial charge is 0.338 e. The first-order valence-electron chi connectivity index (χ1n) is 5.05. The normalized spacial score (nSPS) is 18.4. The number of nitrogens with one attached hydrogen (secondary N) is 1. The molecule has 1 aliphatic rings. The summed E-state index contributed by atoms with van der Waals surface area (Å²) in [6.07, 6.45) is -0.250. The van der Waals surface area contributed by atoms with Crippen LogP contribution in [0.1, 0.15) is 10.4 Å². The summed E-state index contributed by atoms with van der Waals surface area (Å²) in [6.45, 7) is 0.922. The molecule has 0 aromatic heterocycles. The van der Waals surface area contributed by atoms with Gasteiger partial charge in [0.15, 0.2) is 5.96 Å². The fraction of sp³-hybridized carbons (Fsp3) is 0.273. The summed E-state index contributed by atoms with van der Waals surface area (Å²) in [5.74, 6) is 0.0649.